The van der Waals surface area contributed by atoms with Crippen molar-refractivity contribution in [1.82, 2.24) is 14.7 Å². The number of likely N-dealkylation sites (tertiary alicyclic amines) is 1. The van der Waals surface area contributed by atoms with Crippen molar-refractivity contribution in [3.8, 4) is 5.75 Å². The van der Waals surface area contributed by atoms with Crippen LogP contribution in [0.15, 0.2) is 48.5 Å². The molecule has 2 aromatic carbocycles. The van der Waals surface area contributed by atoms with Crippen molar-refractivity contribution in [2.24, 2.45) is 0 Å². The number of halogens is 1. The van der Waals surface area contributed by atoms with E-state index in [2.05, 4.69) is 4.90 Å². The molecule has 2 heterocycles. The van der Waals surface area contributed by atoms with Crippen molar-refractivity contribution in [3.05, 3.63) is 65.5 Å². The summed E-state index contributed by atoms with van der Waals surface area (Å²) < 4.78 is 18.4. The summed E-state index contributed by atoms with van der Waals surface area (Å²) in [5.41, 5.74) is 1.88. The van der Waals surface area contributed by atoms with Crippen molar-refractivity contribution < 1.29 is 18.7 Å². The Balaban J connectivity index is 1.31. The van der Waals surface area contributed by atoms with Crippen LogP contribution in [0.4, 0.5) is 4.39 Å². The quantitative estimate of drug-likeness (QED) is 0.695. The van der Waals surface area contributed by atoms with Crippen LogP contribution in [0, 0.1) is 5.82 Å². The van der Waals surface area contributed by atoms with E-state index in [4.69, 9.17) is 4.74 Å². The monoisotopic (exact) mass is 439 g/mol. The molecule has 7 heteroatoms. The summed E-state index contributed by atoms with van der Waals surface area (Å²) in [6, 6.07) is 13.8. The molecular formula is C25H30FN3O3. The number of ether oxygens (including phenoxy) is 1. The van der Waals surface area contributed by atoms with Gasteiger partial charge in [0.05, 0.1) is 19.6 Å². The SMILES string of the molecule is COc1cccc(CC(=O)N2CCCN(C3CCN(Cc4ccc(F)cc4)C3=O)CC2)c1. The molecule has 2 aromatic rings. The molecule has 1 atom stereocenters. The fourth-order valence-corrected chi connectivity index (χ4v) is 4.60. The van der Waals surface area contributed by atoms with Gasteiger partial charge in [0.25, 0.3) is 0 Å². The second kappa shape index (κ2) is 10.1. The molecule has 4 rings (SSSR count). The smallest absolute Gasteiger partial charge is 0.240 e. The molecule has 0 spiro atoms. The Bertz CT molecular complexity index is 950. The molecule has 6 nitrogen and oxygen atoms in total. The van der Waals surface area contributed by atoms with Gasteiger partial charge in [-0.1, -0.05) is 24.3 Å². The molecular weight excluding hydrogens is 409 g/mol. The van der Waals surface area contributed by atoms with E-state index in [0.29, 0.717) is 39.1 Å². The third-order valence-electron chi connectivity index (χ3n) is 6.37. The summed E-state index contributed by atoms with van der Waals surface area (Å²) in [4.78, 5) is 31.9. The highest BCUT2D eigenvalue weighted by Gasteiger charge is 2.36. The van der Waals surface area contributed by atoms with Crippen molar-refractivity contribution in [3.63, 3.8) is 0 Å². The summed E-state index contributed by atoms with van der Waals surface area (Å²) in [5, 5.41) is 0. The number of nitrogens with zero attached hydrogens (tertiary/aromatic N) is 3. The molecule has 0 aliphatic carbocycles. The first-order chi connectivity index (χ1) is 15.5. The number of hydrogen-bond donors (Lipinski definition) is 0. The Morgan fingerprint density at radius 3 is 2.62 bits per heavy atom. The highest BCUT2D eigenvalue weighted by Crippen LogP contribution is 2.22. The van der Waals surface area contributed by atoms with E-state index >= 15 is 0 Å². The fourth-order valence-electron chi connectivity index (χ4n) is 4.60. The van der Waals surface area contributed by atoms with Gasteiger partial charge in [0, 0.05) is 39.3 Å². The van der Waals surface area contributed by atoms with Gasteiger partial charge in [0.2, 0.25) is 11.8 Å². The molecule has 2 aliphatic heterocycles. The zero-order valence-electron chi connectivity index (χ0n) is 18.5. The number of carbonyl (C=O) groups excluding carboxylic acids is 2. The van der Waals surface area contributed by atoms with Crippen molar-refractivity contribution in [2.75, 3.05) is 39.8 Å². The molecule has 1 unspecified atom stereocenters. The van der Waals surface area contributed by atoms with Gasteiger partial charge >= 0.3 is 0 Å². The van der Waals surface area contributed by atoms with E-state index in [1.807, 2.05) is 34.1 Å². The number of amides is 2. The second-order valence-electron chi connectivity index (χ2n) is 8.49. The van der Waals surface area contributed by atoms with E-state index in [0.717, 1.165) is 36.3 Å². The molecule has 0 aromatic heterocycles. The Labute approximate surface area is 188 Å². The number of methoxy groups -OCH3 is 1. The maximum atomic E-state index is 13.1. The predicted octanol–water partition coefficient (Wildman–Crippen LogP) is 2.71. The van der Waals surface area contributed by atoms with E-state index in [-0.39, 0.29) is 23.7 Å². The van der Waals surface area contributed by atoms with Crippen molar-refractivity contribution in [2.45, 2.75) is 31.8 Å². The molecule has 0 saturated carbocycles. The summed E-state index contributed by atoms with van der Waals surface area (Å²) in [6.45, 7) is 4.06. The molecule has 2 amide bonds. The van der Waals surface area contributed by atoms with Crippen LogP contribution in [0.5, 0.6) is 5.75 Å². The molecule has 170 valence electrons. The Morgan fingerprint density at radius 1 is 1.03 bits per heavy atom. The van der Waals surface area contributed by atoms with Gasteiger partial charge in [-0.2, -0.15) is 0 Å². The van der Waals surface area contributed by atoms with Crippen LogP contribution in [0.2, 0.25) is 0 Å². The van der Waals surface area contributed by atoms with Crippen LogP contribution in [-0.2, 0) is 22.6 Å². The van der Waals surface area contributed by atoms with Gasteiger partial charge in [-0.25, -0.2) is 4.39 Å². The Kier molecular flexibility index (Phi) is 7.05. The molecule has 2 saturated heterocycles. The lowest BCUT2D eigenvalue weighted by Crippen LogP contribution is -2.44. The highest BCUT2D eigenvalue weighted by atomic mass is 19.1. The summed E-state index contributed by atoms with van der Waals surface area (Å²) in [6.07, 6.45) is 1.99. The van der Waals surface area contributed by atoms with Crippen LogP contribution in [0.25, 0.3) is 0 Å². The standard InChI is InChI=1S/C25H30FN3O3/c1-32-22-5-2-4-20(16-22)17-24(30)28-12-3-11-27(14-15-28)23-10-13-29(25(23)31)18-19-6-8-21(26)9-7-19/h2,4-9,16,23H,3,10-15,17-18H2,1H3. The largest absolute Gasteiger partial charge is 0.497 e. The molecule has 0 radical (unpaired) electrons. The van der Waals surface area contributed by atoms with E-state index in [9.17, 15) is 14.0 Å². The number of benzene rings is 2. The number of hydrogen-bond acceptors (Lipinski definition) is 4. The van der Waals surface area contributed by atoms with Crippen LogP contribution < -0.4 is 4.74 Å². The first-order valence-corrected chi connectivity index (χ1v) is 11.2. The zero-order valence-corrected chi connectivity index (χ0v) is 18.5. The minimum Gasteiger partial charge on any atom is -0.497 e. The van der Waals surface area contributed by atoms with Crippen LogP contribution >= 0.6 is 0 Å². The summed E-state index contributed by atoms with van der Waals surface area (Å²) in [7, 11) is 1.62. The van der Waals surface area contributed by atoms with Crippen LogP contribution in [0.1, 0.15) is 24.0 Å². The van der Waals surface area contributed by atoms with Crippen molar-refractivity contribution in [1.29, 1.82) is 0 Å². The van der Waals surface area contributed by atoms with Crippen molar-refractivity contribution >= 4 is 11.8 Å². The first-order valence-electron chi connectivity index (χ1n) is 11.2. The Morgan fingerprint density at radius 2 is 1.84 bits per heavy atom. The highest BCUT2D eigenvalue weighted by molar-refractivity contribution is 5.84. The molecule has 2 fully saturated rings. The second-order valence-corrected chi connectivity index (χ2v) is 8.49. The normalized spacial score (nSPS) is 19.8. The summed E-state index contributed by atoms with van der Waals surface area (Å²) in [5.74, 6) is 0.720. The van der Waals surface area contributed by atoms with Crippen LogP contribution in [-0.4, -0.2) is 72.4 Å². The van der Waals surface area contributed by atoms with E-state index in [1.54, 1.807) is 19.2 Å². The van der Waals surface area contributed by atoms with Gasteiger partial charge in [-0.3, -0.25) is 14.5 Å². The first kappa shape index (κ1) is 22.3. The third-order valence-corrected chi connectivity index (χ3v) is 6.37. The average molecular weight is 440 g/mol. The third kappa shape index (κ3) is 5.27. The fraction of sp³-hybridized carbons (Fsp3) is 0.440. The van der Waals surface area contributed by atoms with Crippen LogP contribution in [0.3, 0.4) is 0 Å². The molecule has 0 N–H and O–H groups in total. The lowest BCUT2D eigenvalue weighted by atomic mass is 10.1. The van der Waals surface area contributed by atoms with Gasteiger partial charge < -0.3 is 14.5 Å². The maximum Gasteiger partial charge on any atom is 0.240 e. The maximum absolute atomic E-state index is 13.1. The number of rotatable bonds is 6. The topological polar surface area (TPSA) is 53.1 Å². The summed E-state index contributed by atoms with van der Waals surface area (Å²) >= 11 is 0. The molecule has 2 aliphatic rings. The van der Waals surface area contributed by atoms with E-state index in [1.165, 1.54) is 12.1 Å². The minimum absolute atomic E-state index is 0.107. The van der Waals surface area contributed by atoms with Gasteiger partial charge in [-0.05, 0) is 48.2 Å². The lowest BCUT2D eigenvalue weighted by Gasteiger charge is -2.26. The zero-order chi connectivity index (χ0) is 22.5. The predicted molar refractivity (Wildman–Crippen MR) is 120 cm³/mol. The Hall–Kier alpha value is -2.93. The molecule has 32 heavy (non-hydrogen) atoms. The van der Waals surface area contributed by atoms with Gasteiger partial charge in [0.15, 0.2) is 0 Å². The number of carbonyl (C=O) groups is 2. The van der Waals surface area contributed by atoms with Gasteiger partial charge in [-0.15, -0.1) is 0 Å². The van der Waals surface area contributed by atoms with Gasteiger partial charge in [0.1, 0.15) is 11.6 Å². The molecule has 0 bridgehead atoms. The lowest BCUT2D eigenvalue weighted by molar-refractivity contribution is -0.132. The van der Waals surface area contributed by atoms with E-state index < -0.39 is 0 Å². The average Bonchev–Trinajstić information content (AvgIpc) is 3.00. The minimum atomic E-state index is -0.269.